The van der Waals surface area contributed by atoms with Gasteiger partial charge in [0.2, 0.25) is 5.91 Å². The topological polar surface area (TPSA) is 73.1 Å². The summed E-state index contributed by atoms with van der Waals surface area (Å²) in [6.45, 7) is 1.83. The molecular formula is C22H25N5O2. The summed E-state index contributed by atoms with van der Waals surface area (Å²) >= 11 is 0. The average molecular weight is 391 g/mol. The van der Waals surface area contributed by atoms with Gasteiger partial charge in [0, 0.05) is 31.9 Å². The number of nitrogens with zero attached hydrogens (tertiary/aromatic N) is 5. The van der Waals surface area contributed by atoms with Crippen molar-refractivity contribution in [3.05, 3.63) is 72.3 Å². The molecule has 1 aliphatic heterocycles. The van der Waals surface area contributed by atoms with Crippen LogP contribution in [0.4, 0.5) is 0 Å². The molecule has 1 amide bonds. The van der Waals surface area contributed by atoms with E-state index in [-0.39, 0.29) is 11.9 Å². The highest BCUT2D eigenvalue weighted by atomic mass is 16.5. The Labute approximate surface area is 170 Å². The molecule has 7 heteroatoms. The minimum Gasteiger partial charge on any atom is -0.487 e. The van der Waals surface area contributed by atoms with Gasteiger partial charge in [0.05, 0.1) is 12.2 Å². The Morgan fingerprint density at radius 2 is 1.97 bits per heavy atom. The summed E-state index contributed by atoms with van der Waals surface area (Å²) in [5.74, 6) is 0.979. The van der Waals surface area contributed by atoms with Crippen LogP contribution >= 0.6 is 0 Å². The van der Waals surface area contributed by atoms with E-state index in [1.807, 2.05) is 46.1 Å². The molecule has 3 aromatic rings. The average Bonchev–Trinajstić information content (AvgIpc) is 3.43. The summed E-state index contributed by atoms with van der Waals surface area (Å²) in [7, 11) is 0. The highest BCUT2D eigenvalue weighted by molar-refractivity contribution is 5.76. The maximum atomic E-state index is 12.5. The molecular weight excluding hydrogens is 366 g/mol. The van der Waals surface area contributed by atoms with Crippen molar-refractivity contribution in [3.8, 4) is 5.75 Å². The van der Waals surface area contributed by atoms with Gasteiger partial charge in [-0.1, -0.05) is 35.5 Å². The van der Waals surface area contributed by atoms with Gasteiger partial charge in [-0.25, -0.2) is 4.68 Å². The molecule has 0 bridgehead atoms. The number of carbonyl (C=O) groups is 1. The van der Waals surface area contributed by atoms with Gasteiger partial charge < -0.3 is 9.64 Å². The summed E-state index contributed by atoms with van der Waals surface area (Å²) in [6, 6.07) is 14.1. The fraction of sp³-hybridized carbons (Fsp3) is 0.364. The summed E-state index contributed by atoms with van der Waals surface area (Å²) in [5.41, 5.74) is 2.05. The second kappa shape index (κ2) is 9.32. The van der Waals surface area contributed by atoms with E-state index in [1.165, 1.54) is 5.56 Å². The smallest absolute Gasteiger partial charge is 0.222 e. The molecule has 7 nitrogen and oxygen atoms in total. The summed E-state index contributed by atoms with van der Waals surface area (Å²) in [6.07, 6.45) is 8.60. The van der Waals surface area contributed by atoms with Crippen LogP contribution in [0, 0.1) is 0 Å². The second-order valence-electron chi connectivity index (χ2n) is 7.28. The van der Waals surface area contributed by atoms with Crippen molar-refractivity contribution < 1.29 is 9.53 Å². The number of ether oxygens (including phenoxy) is 1. The number of aryl methyl sites for hydroxylation is 1. The lowest BCUT2D eigenvalue weighted by atomic mass is 10.1. The molecule has 1 atom stereocenters. The van der Waals surface area contributed by atoms with Crippen molar-refractivity contribution in [3.63, 3.8) is 0 Å². The van der Waals surface area contributed by atoms with E-state index in [1.54, 1.807) is 12.4 Å². The lowest BCUT2D eigenvalue weighted by molar-refractivity contribution is -0.130. The predicted molar refractivity (Wildman–Crippen MR) is 108 cm³/mol. The molecule has 1 aliphatic rings. The minimum atomic E-state index is 0.176. The monoisotopic (exact) mass is 391 g/mol. The fourth-order valence-electron chi connectivity index (χ4n) is 3.58. The third-order valence-corrected chi connectivity index (χ3v) is 5.18. The predicted octanol–water partition coefficient (Wildman–Crippen LogP) is 3.05. The van der Waals surface area contributed by atoms with Crippen molar-refractivity contribution in [2.45, 2.75) is 38.3 Å². The van der Waals surface area contributed by atoms with Gasteiger partial charge in [0.15, 0.2) is 0 Å². The van der Waals surface area contributed by atoms with Crippen LogP contribution in [0.25, 0.3) is 0 Å². The zero-order valence-electron chi connectivity index (χ0n) is 16.4. The van der Waals surface area contributed by atoms with Crippen molar-refractivity contribution in [2.24, 2.45) is 0 Å². The number of rotatable bonds is 8. The van der Waals surface area contributed by atoms with Gasteiger partial charge in [-0.2, -0.15) is 0 Å². The summed E-state index contributed by atoms with van der Waals surface area (Å²) in [4.78, 5) is 18.4. The molecule has 0 spiro atoms. The van der Waals surface area contributed by atoms with E-state index in [0.29, 0.717) is 19.6 Å². The van der Waals surface area contributed by atoms with Crippen LogP contribution in [0.1, 0.15) is 36.6 Å². The van der Waals surface area contributed by atoms with Gasteiger partial charge >= 0.3 is 0 Å². The van der Waals surface area contributed by atoms with Crippen LogP contribution in [0.15, 0.2) is 61.1 Å². The number of hydrogen-bond acceptors (Lipinski definition) is 5. The molecule has 1 unspecified atom stereocenters. The van der Waals surface area contributed by atoms with Crippen molar-refractivity contribution >= 4 is 5.91 Å². The molecule has 1 aromatic carbocycles. The van der Waals surface area contributed by atoms with Crippen LogP contribution in [0.3, 0.4) is 0 Å². The van der Waals surface area contributed by atoms with Crippen LogP contribution < -0.4 is 4.74 Å². The van der Waals surface area contributed by atoms with Gasteiger partial charge in [0.1, 0.15) is 18.1 Å². The Balaban J connectivity index is 1.23. The molecule has 29 heavy (non-hydrogen) atoms. The molecule has 0 saturated carbocycles. The first-order valence-electron chi connectivity index (χ1n) is 10.0. The van der Waals surface area contributed by atoms with Gasteiger partial charge in [-0.05, 0) is 37.0 Å². The summed E-state index contributed by atoms with van der Waals surface area (Å²) < 4.78 is 7.55. The van der Waals surface area contributed by atoms with Gasteiger partial charge in [-0.3, -0.25) is 9.78 Å². The first-order valence-corrected chi connectivity index (χ1v) is 10.0. The Morgan fingerprint density at radius 3 is 2.79 bits per heavy atom. The Kier molecular flexibility index (Phi) is 6.14. The molecule has 0 aliphatic carbocycles. The van der Waals surface area contributed by atoms with E-state index < -0.39 is 0 Å². The van der Waals surface area contributed by atoms with E-state index >= 15 is 0 Å². The van der Waals surface area contributed by atoms with Crippen LogP contribution in [-0.2, 0) is 17.8 Å². The lowest BCUT2D eigenvalue weighted by Gasteiger charge is -2.16. The summed E-state index contributed by atoms with van der Waals surface area (Å²) in [5, 5.41) is 8.44. The molecule has 0 N–H and O–H groups in total. The minimum absolute atomic E-state index is 0.176. The van der Waals surface area contributed by atoms with E-state index in [4.69, 9.17) is 4.74 Å². The number of likely N-dealkylation sites (tertiary alicyclic amines) is 1. The number of aromatic nitrogens is 4. The van der Waals surface area contributed by atoms with Gasteiger partial charge in [-0.15, -0.1) is 5.10 Å². The van der Waals surface area contributed by atoms with Crippen molar-refractivity contribution in [1.82, 2.24) is 24.9 Å². The highest BCUT2D eigenvalue weighted by Crippen LogP contribution is 2.22. The Bertz CT molecular complexity index is 913. The SMILES string of the molecule is O=C(CCCc1ccccc1)N1CCC(n2cc(COc3ccncc3)nn2)C1. The van der Waals surface area contributed by atoms with E-state index in [0.717, 1.165) is 37.3 Å². The molecule has 3 heterocycles. The second-order valence-corrected chi connectivity index (χ2v) is 7.28. The maximum absolute atomic E-state index is 12.5. The number of carbonyl (C=O) groups excluding carboxylic acids is 1. The van der Waals surface area contributed by atoms with Crippen LogP contribution in [0.5, 0.6) is 5.75 Å². The largest absolute Gasteiger partial charge is 0.487 e. The number of benzene rings is 1. The molecule has 1 saturated heterocycles. The quantitative estimate of drug-likeness (QED) is 0.590. The first kappa shape index (κ1) is 19.1. The fourth-order valence-corrected chi connectivity index (χ4v) is 3.58. The van der Waals surface area contributed by atoms with Crippen LogP contribution in [0.2, 0.25) is 0 Å². The maximum Gasteiger partial charge on any atom is 0.222 e. The molecule has 1 fully saturated rings. The lowest BCUT2D eigenvalue weighted by Crippen LogP contribution is -2.29. The highest BCUT2D eigenvalue weighted by Gasteiger charge is 2.27. The van der Waals surface area contributed by atoms with Crippen LogP contribution in [-0.4, -0.2) is 43.9 Å². The molecule has 2 aromatic heterocycles. The van der Waals surface area contributed by atoms with E-state index in [2.05, 4.69) is 27.4 Å². The standard InChI is InChI=1S/C22H25N5O2/c28-22(8-4-7-18-5-2-1-3-6-18)26-14-11-20(16-26)27-15-19(24-25-27)17-29-21-9-12-23-13-10-21/h1-3,5-6,9-10,12-13,15,20H,4,7-8,11,14,16-17H2. The van der Waals surface area contributed by atoms with Gasteiger partial charge in [0.25, 0.3) is 0 Å². The normalized spacial score (nSPS) is 16.1. The van der Waals surface area contributed by atoms with E-state index in [9.17, 15) is 4.79 Å². The zero-order valence-corrected chi connectivity index (χ0v) is 16.4. The van der Waals surface area contributed by atoms with Crippen molar-refractivity contribution in [1.29, 1.82) is 0 Å². The molecule has 0 radical (unpaired) electrons. The Hall–Kier alpha value is -3.22. The zero-order chi connectivity index (χ0) is 19.9. The molecule has 4 rings (SSSR count). The van der Waals surface area contributed by atoms with Crippen molar-refractivity contribution in [2.75, 3.05) is 13.1 Å². The molecule has 150 valence electrons. The number of pyridine rings is 1. The number of amides is 1. The first-order chi connectivity index (χ1) is 14.3. The third-order valence-electron chi connectivity index (χ3n) is 5.18. The third kappa shape index (κ3) is 5.19. The number of hydrogen-bond donors (Lipinski definition) is 0. The Morgan fingerprint density at radius 1 is 1.14 bits per heavy atom.